The smallest absolute Gasteiger partial charge is 0.255 e. The first-order chi connectivity index (χ1) is 12.7. The summed E-state index contributed by atoms with van der Waals surface area (Å²) in [6.45, 7) is 4.94. The molecule has 0 bridgehead atoms. The lowest BCUT2D eigenvalue weighted by atomic mass is 9.81. The predicted molar refractivity (Wildman–Crippen MR) is 93.8 cm³/mol. The van der Waals surface area contributed by atoms with E-state index in [4.69, 9.17) is 14.2 Å². The number of likely N-dealkylation sites (tertiary alicyclic amines) is 1. The van der Waals surface area contributed by atoms with Crippen LogP contribution < -0.4 is 0 Å². The summed E-state index contributed by atoms with van der Waals surface area (Å²) < 4.78 is 11.0. The topological polar surface area (TPSA) is 81.4 Å². The molecule has 2 aromatic rings. The number of rotatable bonds is 3. The van der Waals surface area contributed by atoms with E-state index in [0.29, 0.717) is 23.8 Å². The van der Waals surface area contributed by atoms with Gasteiger partial charge in [-0.1, -0.05) is 12.1 Å². The molecule has 4 heterocycles. The number of piperidine rings is 1. The first-order valence-corrected chi connectivity index (χ1v) is 9.27. The standard InChI is InChI=1S/C19H24N4O3/c1-19(18-21-16(26-22-18)14-5-10-25-11-6-14)7-3-9-23(13-19)17(24)15-4-2-8-20-12-15/h2,4,8,12,14H,3,5-7,9-11,13H2,1H3. The number of aromatic nitrogens is 3. The highest BCUT2D eigenvalue weighted by Crippen LogP contribution is 2.34. The SMILES string of the molecule is CC1(c2noc(C3CCOCC3)n2)CCCN(C(=O)c2cccnc2)C1. The zero-order valence-corrected chi connectivity index (χ0v) is 15.1. The fourth-order valence-corrected chi connectivity index (χ4v) is 3.86. The fraction of sp³-hybridized carbons (Fsp3) is 0.579. The minimum Gasteiger partial charge on any atom is -0.381 e. The molecule has 0 aromatic carbocycles. The number of pyridine rings is 1. The van der Waals surface area contributed by atoms with Crippen molar-refractivity contribution in [2.24, 2.45) is 0 Å². The predicted octanol–water partition coefficient (Wildman–Crippen LogP) is 2.55. The maximum Gasteiger partial charge on any atom is 0.255 e. The molecule has 138 valence electrons. The normalized spacial score (nSPS) is 24.6. The third-order valence-electron chi connectivity index (χ3n) is 5.44. The third-order valence-corrected chi connectivity index (χ3v) is 5.44. The van der Waals surface area contributed by atoms with Crippen LogP contribution >= 0.6 is 0 Å². The summed E-state index contributed by atoms with van der Waals surface area (Å²) in [6, 6.07) is 3.59. The first kappa shape index (κ1) is 17.1. The van der Waals surface area contributed by atoms with Crippen LogP contribution in [0.4, 0.5) is 0 Å². The van der Waals surface area contributed by atoms with Crippen molar-refractivity contribution in [2.75, 3.05) is 26.3 Å². The van der Waals surface area contributed by atoms with Crippen LogP contribution in [0.5, 0.6) is 0 Å². The van der Waals surface area contributed by atoms with Crippen LogP contribution in [0.2, 0.25) is 0 Å². The van der Waals surface area contributed by atoms with Gasteiger partial charge in [-0.15, -0.1) is 0 Å². The Kier molecular flexibility index (Phi) is 4.72. The van der Waals surface area contributed by atoms with E-state index in [0.717, 1.165) is 45.4 Å². The summed E-state index contributed by atoms with van der Waals surface area (Å²) in [5.74, 6) is 1.71. The Labute approximate surface area is 152 Å². The number of carbonyl (C=O) groups excluding carboxylic acids is 1. The van der Waals surface area contributed by atoms with E-state index in [1.165, 1.54) is 0 Å². The van der Waals surface area contributed by atoms with Gasteiger partial charge >= 0.3 is 0 Å². The Hall–Kier alpha value is -2.28. The second kappa shape index (κ2) is 7.15. The quantitative estimate of drug-likeness (QED) is 0.841. The largest absolute Gasteiger partial charge is 0.381 e. The lowest BCUT2D eigenvalue weighted by Gasteiger charge is -2.38. The molecule has 7 nitrogen and oxygen atoms in total. The molecule has 1 amide bonds. The number of ether oxygens (including phenoxy) is 1. The highest BCUT2D eigenvalue weighted by molar-refractivity contribution is 5.94. The van der Waals surface area contributed by atoms with Crippen molar-refractivity contribution in [2.45, 2.75) is 43.9 Å². The van der Waals surface area contributed by atoms with Gasteiger partial charge in [-0.2, -0.15) is 4.98 Å². The van der Waals surface area contributed by atoms with Gasteiger partial charge in [0.05, 0.1) is 5.56 Å². The van der Waals surface area contributed by atoms with E-state index in [9.17, 15) is 4.79 Å². The Morgan fingerprint density at radius 1 is 1.35 bits per heavy atom. The Morgan fingerprint density at radius 3 is 2.96 bits per heavy atom. The average Bonchev–Trinajstić information content (AvgIpc) is 3.20. The minimum atomic E-state index is -0.289. The van der Waals surface area contributed by atoms with Gasteiger partial charge in [0, 0.05) is 50.0 Å². The molecule has 0 saturated carbocycles. The van der Waals surface area contributed by atoms with E-state index < -0.39 is 0 Å². The van der Waals surface area contributed by atoms with Crippen molar-refractivity contribution in [3.05, 3.63) is 41.8 Å². The molecule has 2 aliphatic heterocycles. The van der Waals surface area contributed by atoms with Gasteiger partial charge in [-0.3, -0.25) is 9.78 Å². The molecular formula is C19H24N4O3. The van der Waals surface area contributed by atoms with E-state index in [1.54, 1.807) is 24.5 Å². The second-order valence-electron chi connectivity index (χ2n) is 7.48. The zero-order valence-electron chi connectivity index (χ0n) is 15.1. The van der Waals surface area contributed by atoms with Crippen molar-refractivity contribution >= 4 is 5.91 Å². The van der Waals surface area contributed by atoms with Gasteiger partial charge in [0.25, 0.3) is 5.91 Å². The Morgan fingerprint density at radius 2 is 2.19 bits per heavy atom. The van der Waals surface area contributed by atoms with Crippen LogP contribution in [0.15, 0.2) is 29.0 Å². The molecule has 1 atom stereocenters. The van der Waals surface area contributed by atoms with Gasteiger partial charge in [-0.05, 0) is 37.8 Å². The Bertz CT molecular complexity index is 757. The van der Waals surface area contributed by atoms with Crippen LogP contribution in [0.3, 0.4) is 0 Å². The van der Waals surface area contributed by atoms with Crippen LogP contribution in [0.1, 0.15) is 60.6 Å². The van der Waals surface area contributed by atoms with Crippen molar-refractivity contribution in [1.29, 1.82) is 0 Å². The molecule has 0 spiro atoms. The van der Waals surface area contributed by atoms with Crippen LogP contribution in [0.25, 0.3) is 0 Å². The number of hydrogen-bond donors (Lipinski definition) is 0. The van der Waals surface area contributed by atoms with Crippen LogP contribution in [0, 0.1) is 0 Å². The van der Waals surface area contributed by atoms with Crippen LogP contribution in [-0.4, -0.2) is 52.2 Å². The lowest BCUT2D eigenvalue weighted by Crippen LogP contribution is -2.47. The van der Waals surface area contributed by atoms with E-state index in [-0.39, 0.29) is 17.2 Å². The van der Waals surface area contributed by atoms with Gasteiger partial charge in [0.15, 0.2) is 5.82 Å². The van der Waals surface area contributed by atoms with Gasteiger partial charge in [-0.25, -0.2) is 0 Å². The third kappa shape index (κ3) is 3.35. The summed E-state index contributed by atoms with van der Waals surface area (Å²) in [7, 11) is 0. The first-order valence-electron chi connectivity index (χ1n) is 9.27. The number of carbonyl (C=O) groups is 1. The van der Waals surface area contributed by atoms with Crippen molar-refractivity contribution in [1.82, 2.24) is 20.0 Å². The molecule has 26 heavy (non-hydrogen) atoms. The highest BCUT2D eigenvalue weighted by Gasteiger charge is 2.39. The molecular weight excluding hydrogens is 332 g/mol. The maximum atomic E-state index is 12.8. The van der Waals surface area contributed by atoms with E-state index >= 15 is 0 Å². The van der Waals surface area contributed by atoms with Gasteiger partial charge in [0.1, 0.15) is 0 Å². The molecule has 4 rings (SSSR count). The summed E-state index contributed by atoms with van der Waals surface area (Å²) in [4.78, 5) is 23.4. The lowest BCUT2D eigenvalue weighted by molar-refractivity contribution is 0.0641. The molecule has 2 fully saturated rings. The molecule has 2 saturated heterocycles. The average molecular weight is 356 g/mol. The zero-order chi connectivity index (χ0) is 18.0. The fourth-order valence-electron chi connectivity index (χ4n) is 3.86. The maximum absolute atomic E-state index is 12.8. The molecule has 2 aromatic heterocycles. The highest BCUT2D eigenvalue weighted by atomic mass is 16.5. The van der Waals surface area contributed by atoms with Crippen LogP contribution in [-0.2, 0) is 10.2 Å². The molecule has 1 unspecified atom stereocenters. The number of hydrogen-bond acceptors (Lipinski definition) is 6. The Balaban J connectivity index is 1.50. The molecule has 0 radical (unpaired) electrons. The minimum absolute atomic E-state index is 0.0113. The summed E-state index contributed by atoms with van der Waals surface area (Å²) >= 11 is 0. The van der Waals surface area contributed by atoms with Gasteiger partial charge < -0.3 is 14.2 Å². The number of nitrogens with zero attached hydrogens (tertiary/aromatic N) is 4. The molecule has 0 aliphatic carbocycles. The van der Waals surface area contributed by atoms with E-state index in [2.05, 4.69) is 17.1 Å². The summed E-state index contributed by atoms with van der Waals surface area (Å²) in [6.07, 6.45) is 6.99. The monoisotopic (exact) mass is 356 g/mol. The number of amides is 1. The summed E-state index contributed by atoms with van der Waals surface area (Å²) in [5, 5.41) is 4.28. The molecule has 7 heteroatoms. The second-order valence-corrected chi connectivity index (χ2v) is 7.48. The van der Waals surface area contributed by atoms with Crippen molar-refractivity contribution in [3.63, 3.8) is 0 Å². The van der Waals surface area contributed by atoms with Gasteiger partial charge in [0.2, 0.25) is 5.89 Å². The van der Waals surface area contributed by atoms with Crippen molar-refractivity contribution < 1.29 is 14.1 Å². The van der Waals surface area contributed by atoms with Crippen molar-refractivity contribution in [3.8, 4) is 0 Å². The van der Waals surface area contributed by atoms with E-state index in [1.807, 2.05) is 4.90 Å². The molecule has 0 N–H and O–H groups in total. The summed E-state index contributed by atoms with van der Waals surface area (Å²) in [5.41, 5.74) is 0.330. The molecule has 2 aliphatic rings.